The monoisotopic (exact) mass is 641 g/mol. The Hall–Kier alpha value is -3.46. The molecule has 0 bridgehead atoms. The Morgan fingerprint density at radius 3 is 1.24 bits per heavy atom. The normalized spacial score (nSPS) is 14.5. The number of rotatable bonds is 11. The molecule has 0 radical (unpaired) electrons. The van der Waals surface area contributed by atoms with Crippen LogP contribution in [-0.2, 0) is 0 Å². The number of halogens is 17. The molecule has 19 heteroatoms. The van der Waals surface area contributed by atoms with Crippen molar-refractivity contribution in [1.29, 1.82) is 5.26 Å². The molecule has 0 spiro atoms. The number of ether oxygens (including phenoxy) is 1. The molecule has 0 fully saturated rings. The van der Waals surface area contributed by atoms with Crippen molar-refractivity contribution in [2.45, 2.75) is 54.1 Å². The number of benzene rings is 2. The van der Waals surface area contributed by atoms with E-state index in [9.17, 15) is 74.6 Å². The third kappa shape index (κ3) is 5.39. The van der Waals surface area contributed by atoms with Crippen LogP contribution in [0, 0.1) is 11.3 Å². The van der Waals surface area contributed by atoms with Gasteiger partial charge in [-0.25, -0.2) is 0 Å². The summed E-state index contributed by atoms with van der Waals surface area (Å²) in [6, 6.07) is 12.2. The predicted molar refractivity (Wildman–Crippen MR) is 107 cm³/mol. The number of hydrogen-bond acceptors (Lipinski definition) is 2. The number of nitriles is 1. The van der Waals surface area contributed by atoms with Gasteiger partial charge in [-0.15, -0.1) is 0 Å². The molecule has 2 rings (SSSR count). The molecule has 0 atom stereocenters. The SMILES string of the molecule is N#Cc1ccc(-c2ccc(OCCC(F)(F)C(F)(F)C(F)(F)C(F)(F)C(F)(F)C(F)(F)C(F)(F)C(F)(F)F)cc2)cc1. The summed E-state index contributed by atoms with van der Waals surface area (Å²) in [7, 11) is 0. The third-order valence-electron chi connectivity index (χ3n) is 5.67. The minimum atomic E-state index is -8.66. The van der Waals surface area contributed by atoms with Crippen LogP contribution in [0.5, 0.6) is 5.75 Å². The van der Waals surface area contributed by atoms with Crippen LogP contribution in [0.25, 0.3) is 11.1 Å². The minimum Gasteiger partial charge on any atom is -0.493 e. The Labute approximate surface area is 223 Å². The Morgan fingerprint density at radius 1 is 0.500 bits per heavy atom. The Morgan fingerprint density at radius 2 is 0.857 bits per heavy atom. The zero-order valence-corrected chi connectivity index (χ0v) is 19.8. The molecule has 0 saturated heterocycles. The molecular formula is C23H12F17NO. The van der Waals surface area contributed by atoms with Crippen LogP contribution in [0.1, 0.15) is 12.0 Å². The molecule has 0 saturated carbocycles. The van der Waals surface area contributed by atoms with Crippen LogP contribution in [0.2, 0.25) is 0 Å². The highest BCUT2D eigenvalue weighted by molar-refractivity contribution is 5.64. The van der Waals surface area contributed by atoms with E-state index < -0.39 is 66.4 Å². The maximum Gasteiger partial charge on any atom is 0.460 e. The summed E-state index contributed by atoms with van der Waals surface area (Å²) in [6.45, 7) is -1.74. The largest absolute Gasteiger partial charge is 0.493 e. The fourth-order valence-corrected chi connectivity index (χ4v) is 3.13. The summed E-state index contributed by atoms with van der Waals surface area (Å²) < 4.78 is 231. The molecule has 0 aromatic heterocycles. The second-order valence-electron chi connectivity index (χ2n) is 8.46. The van der Waals surface area contributed by atoms with E-state index in [1.165, 1.54) is 36.4 Å². The van der Waals surface area contributed by atoms with E-state index >= 15 is 0 Å². The topological polar surface area (TPSA) is 33.0 Å². The van der Waals surface area contributed by atoms with E-state index in [1.807, 2.05) is 6.07 Å². The van der Waals surface area contributed by atoms with Crippen molar-refractivity contribution >= 4 is 0 Å². The lowest BCUT2D eigenvalue weighted by Crippen LogP contribution is -2.74. The van der Waals surface area contributed by atoms with Gasteiger partial charge in [0.1, 0.15) is 5.75 Å². The summed E-state index contributed by atoms with van der Waals surface area (Å²) >= 11 is 0. The van der Waals surface area contributed by atoms with Crippen molar-refractivity contribution in [1.82, 2.24) is 0 Å². The predicted octanol–water partition coefficient (Wildman–Crippen LogP) is 9.00. The van der Waals surface area contributed by atoms with Gasteiger partial charge in [0, 0.05) is 0 Å². The molecule has 0 aliphatic heterocycles. The van der Waals surface area contributed by atoms with E-state index in [-0.39, 0.29) is 5.56 Å². The first-order valence-corrected chi connectivity index (χ1v) is 10.7. The van der Waals surface area contributed by atoms with E-state index in [4.69, 9.17) is 5.26 Å². The highest BCUT2D eigenvalue weighted by atomic mass is 19.4. The van der Waals surface area contributed by atoms with Crippen molar-refractivity contribution in [2.24, 2.45) is 0 Å². The van der Waals surface area contributed by atoms with Crippen LogP contribution < -0.4 is 4.74 Å². The van der Waals surface area contributed by atoms with Crippen molar-refractivity contribution in [2.75, 3.05) is 6.61 Å². The second-order valence-corrected chi connectivity index (χ2v) is 8.46. The lowest BCUT2D eigenvalue weighted by molar-refractivity contribution is -0.461. The average molecular weight is 641 g/mol. The second kappa shape index (κ2) is 10.7. The molecule has 234 valence electrons. The zero-order chi connectivity index (χ0) is 32.8. The Balaban J connectivity index is 2.26. The first-order chi connectivity index (χ1) is 18.7. The third-order valence-corrected chi connectivity index (χ3v) is 5.67. The van der Waals surface area contributed by atoms with Gasteiger partial charge in [0.2, 0.25) is 0 Å². The molecule has 0 amide bonds. The van der Waals surface area contributed by atoms with E-state index in [2.05, 4.69) is 4.74 Å². The fourth-order valence-electron chi connectivity index (χ4n) is 3.13. The molecule has 2 aromatic rings. The minimum absolute atomic E-state index is 0.288. The van der Waals surface area contributed by atoms with Gasteiger partial charge in [-0.2, -0.15) is 79.9 Å². The number of nitrogens with zero attached hydrogens (tertiary/aromatic N) is 1. The van der Waals surface area contributed by atoms with Gasteiger partial charge < -0.3 is 4.74 Å². The average Bonchev–Trinajstić information content (AvgIpc) is 2.87. The number of alkyl halides is 17. The molecule has 0 heterocycles. The summed E-state index contributed by atoms with van der Waals surface area (Å²) in [5.41, 5.74) is 1.21. The van der Waals surface area contributed by atoms with Gasteiger partial charge in [-0.1, -0.05) is 24.3 Å². The van der Waals surface area contributed by atoms with Crippen molar-refractivity contribution < 1.29 is 79.4 Å². The van der Waals surface area contributed by atoms with Crippen LogP contribution in [0.15, 0.2) is 48.5 Å². The van der Waals surface area contributed by atoms with Crippen LogP contribution in [0.3, 0.4) is 0 Å². The van der Waals surface area contributed by atoms with E-state index in [1.54, 1.807) is 0 Å². The van der Waals surface area contributed by atoms with Crippen LogP contribution in [-0.4, -0.2) is 54.2 Å². The maximum atomic E-state index is 14.0. The van der Waals surface area contributed by atoms with Gasteiger partial charge in [-0.3, -0.25) is 0 Å². The summed E-state index contributed by atoms with van der Waals surface area (Å²) in [6.07, 6.45) is -10.5. The molecule has 0 aliphatic rings. The van der Waals surface area contributed by atoms with Gasteiger partial charge in [0.05, 0.1) is 24.7 Å². The van der Waals surface area contributed by atoms with Gasteiger partial charge in [-0.05, 0) is 35.4 Å². The number of hydrogen-bond donors (Lipinski definition) is 0. The summed E-state index contributed by atoms with van der Waals surface area (Å²) in [5.74, 6) is -57.0. The smallest absolute Gasteiger partial charge is 0.460 e. The van der Waals surface area contributed by atoms with Crippen molar-refractivity contribution in [3.8, 4) is 22.9 Å². The molecule has 0 aliphatic carbocycles. The van der Waals surface area contributed by atoms with Crippen LogP contribution in [0.4, 0.5) is 74.6 Å². The summed E-state index contributed by atoms with van der Waals surface area (Å²) in [5, 5.41) is 8.76. The standard InChI is InChI=1S/C23H12F17NO/c24-16(25,9-10-42-15-7-5-14(6-8-15)13-3-1-12(11-41)2-4-13)17(26,27)18(28,29)19(30,31)20(32,33)21(34,35)22(36,37)23(38,39)40/h1-8H,9-10H2. The molecule has 2 aromatic carbocycles. The quantitative estimate of drug-likeness (QED) is 0.230. The lowest BCUT2D eigenvalue weighted by atomic mass is 9.88. The first kappa shape index (κ1) is 34.7. The molecule has 0 N–H and O–H groups in total. The highest BCUT2D eigenvalue weighted by Gasteiger charge is 2.95. The van der Waals surface area contributed by atoms with Gasteiger partial charge >= 0.3 is 47.6 Å². The van der Waals surface area contributed by atoms with E-state index in [0.717, 1.165) is 12.1 Å². The zero-order valence-electron chi connectivity index (χ0n) is 19.8. The van der Waals surface area contributed by atoms with Crippen molar-refractivity contribution in [3.05, 3.63) is 54.1 Å². The highest BCUT2D eigenvalue weighted by Crippen LogP contribution is 2.64. The molecular weight excluding hydrogens is 629 g/mol. The van der Waals surface area contributed by atoms with Gasteiger partial charge in [0.15, 0.2) is 0 Å². The Kier molecular flexibility index (Phi) is 8.83. The van der Waals surface area contributed by atoms with Crippen LogP contribution >= 0.6 is 0 Å². The summed E-state index contributed by atoms with van der Waals surface area (Å²) in [4.78, 5) is 0. The Bertz CT molecular complexity index is 1280. The molecule has 42 heavy (non-hydrogen) atoms. The molecule has 2 nitrogen and oxygen atoms in total. The van der Waals surface area contributed by atoms with Gasteiger partial charge in [0.25, 0.3) is 0 Å². The lowest BCUT2D eigenvalue weighted by Gasteiger charge is -2.42. The molecule has 0 unspecified atom stereocenters. The fraction of sp³-hybridized carbons (Fsp3) is 0.435. The first-order valence-electron chi connectivity index (χ1n) is 10.7. The maximum absolute atomic E-state index is 14.0. The van der Waals surface area contributed by atoms with Crippen molar-refractivity contribution in [3.63, 3.8) is 0 Å². The van der Waals surface area contributed by atoms with E-state index in [0.29, 0.717) is 11.1 Å².